The van der Waals surface area contributed by atoms with Crippen molar-refractivity contribution < 1.29 is 18.3 Å². The first-order valence-electron chi connectivity index (χ1n) is 6.32. The minimum Gasteiger partial charge on any atom is -0.481 e. The number of fused-ring (bicyclic) bond motifs is 1. The van der Waals surface area contributed by atoms with Gasteiger partial charge in [-0.2, -0.15) is 8.42 Å². The molecule has 0 amide bonds. The van der Waals surface area contributed by atoms with Crippen LogP contribution in [-0.2, 0) is 14.8 Å². The Morgan fingerprint density at radius 2 is 2.19 bits per heavy atom. The molecule has 110 valence electrons. The maximum atomic E-state index is 12.6. The third-order valence-electron chi connectivity index (χ3n) is 3.49. The van der Waals surface area contributed by atoms with E-state index in [-0.39, 0.29) is 23.9 Å². The molecule has 2 aromatic rings. The van der Waals surface area contributed by atoms with Gasteiger partial charge in [0.05, 0.1) is 24.6 Å². The number of imidazole rings is 1. The van der Waals surface area contributed by atoms with Gasteiger partial charge in [0.2, 0.25) is 0 Å². The second kappa shape index (κ2) is 4.88. The lowest BCUT2D eigenvalue weighted by molar-refractivity contribution is -0.137. The maximum absolute atomic E-state index is 12.6. The number of aromatic amines is 1. The molecule has 7 nitrogen and oxygen atoms in total. The number of carboxylic acids is 1. The molecule has 0 spiro atoms. The van der Waals surface area contributed by atoms with Gasteiger partial charge in [-0.15, -0.1) is 0 Å². The topological polar surface area (TPSA) is 103 Å². The number of aliphatic carboxylic acids is 1. The SMILES string of the molecule is O=C(O)CC1CN(S(=O)(=O)c2cnc[nH]2)c2ccccc21. The lowest BCUT2D eigenvalue weighted by Gasteiger charge is -2.18. The summed E-state index contributed by atoms with van der Waals surface area (Å²) >= 11 is 0. The highest BCUT2D eigenvalue weighted by molar-refractivity contribution is 7.92. The molecule has 1 atom stereocenters. The van der Waals surface area contributed by atoms with Crippen LogP contribution in [0.4, 0.5) is 5.69 Å². The largest absolute Gasteiger partial charge is 0.481 e. The Kier molecular flexibility index (Phi) is 3.17. The summed E-state index contributed by atoms with van der Waals surface area (Å²) in [7, 11) is -3.76. The lowest BCUT2D eigenvalue weighted by atomic mass is 9.98. The minimum atomic E-state index is -3.76. The number of rotatable bonds is 4. The fraction of sp³-hybridized carbons (Fsp3) is 0.231. The number of nitrogens with zero attached hydrogens (tertiary/aromatic N) is 2. The van der Waals surface area contributed by atoms with Crippen molar-refractivity contribution in [2.75, 3.05) is 10.8 Å². The molecule has 0 saturated heterocycles. The Morgan fingerprint density at radius 1 is 1.43 bits per heavy atom. The molecule has 1 aromatic carbocycles. The van der Waals surface area contributed by atoms with E-state index in [1.807, 2.05) is 0 Å². The van der Waals surface area contributed by atoms with Crippen LogP contribution in [0.15, 0.2) is 41.8 Å². The van der Waals surface area contributed by atoms with Crippen LogP contribution in [0, 0.1) is 0 Å². The molecular formula is C13H13N3O4S. The first-order valence-corrected chi connectivity index (χ1v) is 7.76. The number of hydrogen-bond donors (Lipinski definition) is 2. The van der Waals surface area contributed by atoms with Crippen LogP contribution in [0.1, 0.15) is 17.9 Å². The number of benzene rings is 1. The van der Waals surface area contributed by atoms with Gasteiger partial charge in [0.1, 0.15) is 0 Å². The summed E-state index contributed by atoms with van der Waals surface area (Å²) in [5, 5.41) is 8.98. The molecule has 2 heterocycles. The lowest BCUT2D eigenvalue weighted by Crippen LogP contribution is -2.30. The second-order valence-corrected chi connectivity index (χ2v) is 6.64. The summed E-state index contributed by atoms with van der Waals surface area (Å²) in [6.07, 6.45) is 2.43. The quantitative estimate of drug-likeness (QED) is 0.882. The standard InChI is InChI=1S/C13H13N3O4S/c17-13(18)5-9-7-16(11-4-2-1-3-10(9)11)21(19,20)12-6-14-8-15-12/h1-4,6,8-9H,5,7H2,(H,14,15)(H,17,18). The molecule has 1 unspecified atom stereocenters. The highest BCUT2D eigenvalue weighted by Crippen LogP contribution is 2.40. The van der Waals surface area contributed by atoms with Crippen molar-refractivity contribution in [1.82, 2.24) is 9.97 Å². The molecular weight excluding hydrogens is 294 g/mol. The van der Waals surface area contributed by atoms with Gasteiger partial charge >= 0.3 is 5.97 Å². The number of aromatic nitrogens is 2. The highest BCUT2D eigenvalue weighted by atomic mass is 32.2. The number of sulfonamides is 1. The number of hydrogen-bond acceptors (Lipinski definition) is 4. The molecule has 0 saturated carbocycles. The van der Waals surface area contributed by atoms with E-state index in [1.165, 1.54) is 16.8 Å². The Bertz CT molecular complexity index is 770. The minimum absolute atomic E-state index is 0.00622. The molecule has 21 heavy (non-hydrogen) atoms. The van der Waals surface area contributed by atoms with Crippen molar-refractivity contribution in [3.05, 3.63) is 42.4 Å². The fourth-order valence-electron chi connectivity index (χ4n) is 2.57. The summed E-state index contributed by atoms with van der Waals surface area (Å²) < 4.78 is 26.4. The zero-order chi connectivity index (χ0) is 15.0. The number of anilines is 1. The Hall–Kier alpha value is -2.35. The fourth-order valence-corrected chi connectivity index (χ4v) is 4.01. The van der Waals surface area contributed by atoms with Gasteiger partial charge in [0.25, 0.3) is 10.0 Å². The van der Waals surface area contributed by atoms with Gasteiger partial charge < -0.3 is 10.1 Å². The third kappa shape index (κ3) is 2.27. The highest BCUT2D eigenvalue weighted by Gasteiger charge is 2.37. The third-order valence-corrected chi connectivity index (χ3v) is 5.20. The van der Waals surface area contributed by atoms with E-state index < -0.39 is 16.0 Å². The van der Waals surface area contributed by atoms with Crippen LogP contribution in [0.2, 0.25) is 0 Å². The smallest absolute Gasteiger partial charge is 0.304 e. The summed E-state index contributed by atoms with van der Waals surface area (Å²) in [4.78, 5) is 17.3. The van der Waals surface area contributed by atoms with Crippen molar-refractivity contribution in [3.63, 3.8) is 0 Å². The van der Waals surface area contributed by atoms with E-state index in [4.69, 9.17) is 5.11 Å². The number of nitrogens with one attached hydrogen (secondary N) is 1. The molecule has 1 aromatic heterocycles. The summed E-state index contributed by atoms with van der Waals surface area (Å²) in [5.74, 6) is -1.30. The molecule has 8 heteroatoms. The van der Waals surface area contributed by atoms with Crippen molar-refractivity contribution in [2.24, 2.45) is 0 Å². The van der Waals surface area contributed by atoms with Crippen molar-refractivity contribution in [2.45, 2.75) is 17.4 Å². The van der Waals surface area contributed by atoms with Crippen LogP contribution >= 0.6 is 0 Å². The van der Waals surface area contributed by atoms with Gasteiger partial charge in [-0.25, -0.2) is 4.98 Å². The van der Waals surface area contributed by atoms with Crippen molar-refractivity contribution >= 4 is 21.7 Å². The zero-order valence-corrected chi connectivity index (χ0v) is 11.7. The first-order chi connectivity index (χ1) is 10.00. The van der Waals surface area contributed by atoms with Crippen LogP contribution in [0.5, 0.6) is 0 Å². The molecule has 2 N–H and O–H groups in total. The monoisotopic (exact) mass is 307 g/mol. The van der Waals surface area contributed by atoms with Crippen LogP contribution in [-0.4, -0.2) is 36.0 Å². The average Bonchev–Trinajstić information content (AvgIpc) is 3.07. The number of carbonyl (C=O) groups is 1. The second-order valence-electron chi connectivity index (χ2n) is 4.81. The molecule has 0 fully saturated rings. The molecule has 3 rings (SSSR count). The molecule has 0 aliphatic carbocycles. The summed E-state index contributed by atoms with van der Waals surface area (Å²) in [6.45, 7) is 0.118. The van der Waals surface area contributed by atoms with Gasteiger partial charge in [0, 0.05) is 12.5 Å². The zero-order valence-electron chi connectivity index (χ0n) is 10.9. The van der Waals surface area contributed by atoms with Crippen molar-refractivity contribution in [3.8, 4) is 0 Å². The molecule has 0 bridgehead atoms. The van der Waals surface area contributed by atoms with E-state index >= 15 is 0 Å². The number of carboxylic acid groups (broad SMARTS) is 1. The van der Waals surface area contributed by atoms with Gasteiger partial charge in [-0.05, 0) is 11.6 Å². The Labute approximate surface area is 121 Å². The Morgan fingerprint density at radius 3 is 2.86 bits per heavy atom. The summed E-state index contributed by atoms with van der Waals surface area (Å²) in [6, 6.07) is 6.97. The predicted octanol–water partition coefficient (Wildman–Crippen LogP) is 1.18. The van der Waals surface area contributed by atoms with Gasteiger partial charge in [-0.3, -0.25) is 9.10 Å². The molecule has 0 radical (unpaired) electrons. The summed E-state index contributed by atoms with van der Waals surface area (Å²) in [5.41, 5.74) is 1.27. The van der Waals surface area contributed by atoms with E-state index in [9.17, 15) is 13.2 Å². The van der Waals surface area contributed by atoms with Gasteiger partial charge in [0.15, 0.2) is 5.03 Å². The van der Waals surface area contributed by atoms with Crippen molar-refractivity contribution in [1.29, 1.82) is 0 Å². The van der Waals surface area contributed by atoms with E-state index in [2.05, 4.69) is 9.97 Å². The van der Waals surface area contributed by atoms with Crippen LogP contribution < -0.4 is 4.31 Å². The first kappa shape index (κ1) is 13.6. The van der Waals surface area contributed by atoms with E-state index in [0.29, 0.717) is 5.69 Å². The van der Waals surface area contributed by atoms with E-state index in [1.54, 1.807) is 24.3 Å². The maximum Gasteiger partial charge on any atom is 0.304 e. The van der Waals surface area contributed by atoms with Crippen LogP contribution in [0.25, 0.3) is 0 Å². The Balaban J connectivity index is 2.04. The van der Waals surface area contributed by atoms with Gasteiger partial charge in [-0.1, -0.05) is 18.2 Å². The number of H-pyrrole nitrogens is 1. The normalized spacial score (nSPS) is 17.7. The molecule has 1 aliphatic heterocycles. The van der Waals surface area contributed by atoms with E-state index in [0.717, 1.165) is 5.56 Å². The molecule has 1 aliphatic rings. The number of para-hydroxylation sites is 1. The van der Waals surface area contributed by atoms with Crippen LogP contribution in [0.3, 0.4) is 0 Å². The average molecular weight is 307 g/mol. The predicted molar refractivity (Wildman–Crippen MR) is 74.6 cm³/mol.